The maximum absolute atomic E-state index is 5.70. The van der Waals surface area contributed by atoms with E-state index in [1.54, 1.807) is 0 Å². The van der Waals surface area contributed by atoms with Gasteiger partial charge in [-0.05, 0) is 39.0 Å². The molecule has 3 heteroatoms. The average Bonchev–Trinajstić information content (AvgIpc) is 2.50. The zero-order valence-corrected chi connectivity index (χ0v) is 12.9. The summed E-state index contributed by atoms with van der Waals surface area (Å²) in [4.78, 5) is 0. The van der Waals surface area contributed by atoms with Crippen LogP contribution in [0, 0.1) is 0 Å². The van der Waals surface area contributed by atoms with Crippen molar-refractivity contribution in [2.75, 3.05) is 18.5 Å². The van der Waals surface area contributed by atoms with Gasteiger partial charge in [0.2, 0.25) is 0 Å². The molecule has 0 spiro atoms. The molecule has 0 fully saturated rings. The van der Waals surface area contributed by atoms with E-state index in [1.807, 2.05) is 56.3 Å². The van der Waals surface area contributed by atoms with Crippen molar-refractivity contribution in [3.05, 3.63) is 54.1 Å². The molecule has 0 radical (unpaired) electrons. The highest BCUT2D eigenvalue weighted by Gasteiger charge is 2.12. The Labute approximate surface area is 126 Å². The Morgan fingerprint density at radius 1 is 0.857 bits per heavy atom. The predicted molar refractivity (Wildman–Crippen MR) is 87.3 cm³/mol. The van der Waals surface area contributed by atoms with Crippen LogP contribution < -0.4 is 14.8 Å². The van der Waals surface area contributed by atoms with Gasteiger partial charge in [-0.25, -0.2) is 0 Å². The van der Waals surface area contributed by atoms with Crippen molar-refractivity contribution in [3.8, 4) is 11.5 Å². The van der Waals surface area contributed by atoms with Gasteiger partial charge in [0.1, 0.15) is 11.5 Å². The molecule has 1 unspecified atom stereocenters. The molecule has 0 bridgehead atoms. The molecule has 21 heavy (non-hydrogen) atoms. The van der Waals surface area contributed by atoms with Crippen molar-refractivity contribution >= 4 is 5.69 Å². The lowest BCUT2D eigenvalue weighted by atomic mass is 10.1. The Morgan fingerprint density at radius 3 is 2.14 bits per heavy atom. The van der Waals surface area contributed by atoms with Crippen molar-refractivity contribution in [2.45, 2.75) is 26.8 Å². The number of benzene rings is 2. The second kappa shape index (κ2) is 7.58. The van der Waals surface area contributed by atoms with Crippen molar-refractivity contribution in [3.63, 3.8) is 0 Å². The van der Waals surface area contributed by atoms with Crippen LogP contribution in [0.3, 0.4) is 0 Å². The lowest BCUT2D eigenvalue weighted by Gasteiger charge is -2.20. The molecule has 1 N–H and O–H groups in total. The molecule has 0 saturated heterocycles. The van der Waals surface area contributed by atoms with Gasteiger partial charge in [-0.3, -0.25) is 0 Å². The molecule has 0 saturated carbocycles. The Kier molecular flexibility index (Phi) is 5.50. The van der Waals surface area contributed by atoms with Crippen LogP contribution in [0.2, 0.25) is 0 Å². The van der Waals surface area contributed by atoms with E-state index in [0.717, 1.165) is 22.7 Å². The number of anilines is 1. The van der Waals surface area contributed by atoms with Gasteiger partial charge in [-0.15, -0.1) is 0 Å². The number of rotatable bonds is 7. The van der Waals surface area contributed by atoms with E-state index in [2.05, 4.69) is 18.3 Å². The van der Waals surface area contributed by atoms with E-state index in [1.165, 1.54) is 0 Å². The van der Waals surface area contributed by atoms with E-state index >= 15 is 0 Å². The Morgan fingerprint density at radius 2 is 1.43 bits per heavy atom. The van der Waals surface area contributed by atoms with Gasteiger partial charge in [0, 0.05) is 5.56 Å². The van der Waals surface area contributed by atoms with Crippen molar-refractivity contribution < 1.29 is 9.47 Å². The van der Waals surface area contributed by atoms with E-state index in [-0.39, 0.29) is 6.04 Å². The molecule has 112 valence electrons. The first-order valence-corrected chi connectivity index (χ1v) is 7.46. The third kappa shape index (κ3) is 3.91. The molecule has 2 rings (SSSR count). The van der Waals surface area contributed by atoms with E-state index in [0.29, 0.717) is 13.2 Å². The number of hydrogen-bond acceptors (Lipinski definition) is 3. The fraction of sp³-hybridized carbons (Fsp3) is 0.333. The monoisotopic (exact) mass is 285 g/mol. The van der Waals surface area contributed by atoms with Crippen LogP contribution in [-0.2, 0) is 0 Å². The summed E-state index contributed by atoms with van der Waals surface area (Å²) in [5.74, 6) is 1.80. The van der Waals surface area contributed by atoms with Crippen LogP contribution in [-0.4, -0.2) is 13.2 Å². The summed E-state index contributed by atoms with van der Waals surface area (Å²) >= 11 is 0. The number of para-hydroxylation sites is 3. The Hall–Kier alpha value is -2.16. The van der Waals surface area contributed by atoms with E-state index in [4.69, 9.17) is 9.47 Å². The normalized spacial score (nSPS) is 11.8. The zero-order chi connectivity index (χ0) is 15.1. The van der Waals surface area contributed by atoms with Crippen LogP contribution in [0.5, 0.6) is 11.5 Å². The minimum Gasteiger partial charge on any atom is -0.494 e. The van der Waals surface area contributed by atoms with Gasteiger partial charge in [-0.1, -0.05) is 30.3 Å². The summed E-state index contributed by atoms with van der Waals surface area (Å²) < 4.78 is 11.4. The molecule has 0 heterocycles. The van der Waals surface area contributed by atoms with Crippen LogP contribution >= 0.6 is 0 Å². The maximum Gasteiger partial charge on any atom is 0.142 e. The average molecular weight is 285 g/mol. The number of ether oxygens (including phenoxy) is 2. The fourth-order valence-corrected chi connectivity index (χ4v) is 2.30. The zero-order valence-electron chi connectivity index (χ0n) is 12.9. The predicted octanol–water partition coefficient (Wildman–Crippen LogP) is 4.66. The van der Waals surface area contributed by atoms with Crippen LogP contribution in [0.15, 0.2) is 48.5 Å². The number of hydrogen-bond donors (Lipinski definition) is 1. The summed E-state index contributed by atoms with van der Waals surface area (Å²) in [6.45, 7) is 7.44. The summed E-state index contributed by atoms with van der Waals surface area (Å²) in [5.41, 5.74) is 2.14. The Bertz CT molecular complexity index is 569. The van der Waals surface area contributed by atoms with Gasteiger partial charge in [0.15, 0.2) is 0 Å². The molecular weight excluding hydrogens is 262 g/mol. The molecule has 3 nitrogen and oxygen atoms in total. The second-order valence-corrected chi connectivity index (χ2v) is 4.77. The Balaban J connectivity index is 2.20. The molecule has 2 aromatic rings. The molecule has 2 aromatic carbocycles. The quantitative estimate of drug-likeness (QED) is 0.802. The largest absolute Gasteiger partial charge is 0.494 e. The highest BCUT2D eigenvalue weighted by molar-refractivity contribution is 5.58. The first kappa shape index (κ1) is 15.2. The first-order chi connectivity index (χ1) is 10.3. The maximum atomic E-state index is 5.70. The minimum absolute atomic E-state index is 0.134. The van der Waals surface area contributed by atoms with Crippen molar-refractivity contribution in [2.24, 2.45) is 0 Å². The fourth-order valence-electron chi connectivity index (χ4n) is 2.30. The van der Waals surface area contributed by atoms with Gasteiger partial charge < -0.3 is 14.8 Å². The smallest absolute Gasteiger partial charge is 0.142 e. The molecule has 0 amide bonds. The SMILES string of the molecule is CCOc1ccccc1NC(C)c1ccccc1OCC. The summed E-state index contributed by atoms with van der Waals surface area (Å²) in [6.07, 6.45) is 0. The molecule has 0 aromatic heterocycles. The third-order valence-electron chi connectivity index (χ3n) is 3.24. The highest BCUT2D eigenvalue weighted by atomic mass is 16.5. The standard InChI is InChI=1S/C18H23NO2/c1-4-20-17-12-8-6-10-15(17)14(3)19-16-11-7-9-13-18(16)21-5-2/h6-14,19H,4-5H2,1-3H3. The summed E-state index contributed by atoms with van der Waals surface area (Å²) in [6, 6.07) is 16.3. The van der Waals surface area contributed by atoms with E-state index in [9.17, 15) is 0 Å². The summed E-state index contributed by atoms with van der Waals surface area (Å²) in [5, 5.41) is 3.51. The van der Waals surface area contributed by atoms with Crippen LogP contribution in [0.4, 0.5) is 5.69 Å². The van der Waals surface area contributed by atoms with Gasteiger partial charge in [-0.2, -0.15) is 0 Å². The lowest BCUT2D eigenvalue weighted by molar-refractivity contribution is 0.334. The molecular formula is C18H23NO2. The van der Waals surface area contributed by atoms with Gasteiger partial charge in [0.25, 0.3) is 0 Å². The van der Waals surface area contributed by atoms with E-state index < -0.39 is 0 Å². The lowest BCUT2D eigenvalue weighted by Crippen LogP contribution is -2.10. The van der Waals surface area contributed by atoms with Crippen LogP contribution in [0.25, 0.3) is 0 Å². The first-order valence-electron chi connectivity index (χ1n) is 7.46. The van der Waals surface area contributed by atoms with Gasteiger partial charge in [0.05, 0.1) is 24.9 Å². The molecule has 1 atom stereocenters. The topological polar surface area (TPSA) is 30.5 Å². The number of nitrogens with one attached hydrogen (secondary N) is 1. The van der Waals surface area contributed by atoms with Crippen LogP contribution in [0.1, 0.15) is 32.4 Å². The second-order valence-electron chi connectivity index (χ2n) is 4.77. The van der Waals surface area contributed by atoms with Crippen molar-refractivity contribution in [1.29, 1.82) is 0 Å². The molecule has 0 aliphatic rings. The minimum atomic E-state index is 0.134. The molecule has 0 aliphatic carbocycles. The summed E-state index contributed by atoms with van der Waals surface area (Å²) in [7, 11) is 0. The molecule has 0 aliphatic heterocycles. The highest BCUT2D eigenvalue weighted by Crippen LogP contribution is 2.31. The third-order valence-corrected chi connectivity index (χ3v) is 3.24. The van der Waals surface area contributed by atoms with Crippen molar-refractivity contribution in [1.82, 2.24) is 0 Å². The van der Waals surface area contributed by atoms with Gasteiger partial charge >= 0.3 is 0 Å².